The van der Waals surface area contributed by atoms with Crippen LogP contribution in [0.3, 0.4) is 0 Å². The number of aromatic nitrogens is 1. The Kier molecular flexibility index (Phi) is 6.48. The second-order valence-electron chi connectivity index (χ2n) is 7.81. The molecule has 2 aliphatic heterocycles. The molecule has 1 fully saturated rings. The Bertz CT molecular complexity index is 1010. The number of benzene rings is 1. The van der Waals surface area contributed by atoms with E-state index in [1.165, 1.54) is 11.8 Å². The summed E-state index contributed by atoms with van der Waals surface area (Å²) >= 11 is 7.36. The fourth-order valence-electron chi connectivity index (χ4n) is 3.71. The van der Waals surface area contributed by atoms with Crippen molar-refractivity contribution in [1.29, 1.82) is 0 Å². The molecule has 9 heteroatoms. The zero-order valence-electron chi connectivity index (χ0n) is 17.1. The summed E-state index contributed by atoms with van der Waals surface area (Å²) in [6, 6.07) is 9.01. The third kappa shape index (κ3) is 5.19. The third-order valence-corrected chi connectivity index (χ3v) is 7.01. The van der Waals surface area contributed by atoms with Gasteiger partial charge in [-0.1, -0.05) is 17.7 Å². The highest BCUT2D eigenvalue weighted by Gasteiger charge is 2.33. The predicted octanol–water partition coefficient (Wildman–Crippen LogP) is 3.72. The number of hydrogen-bond donors (Lipinski definition) is 2. The van der Waals surface area contributed by atoms with Gasteiger partial charge in [0, 0.05) is 41.5 Å². The van der Waals surface area contributed by atoms with Crippen molar-refractivity contribution in [2.45, 2.75) is 36.3 Å². The third-order valence-electron chi connectivity index (χ3n) is 5.50. The van der Waals surface area contributed by atoms with Crippen molar-refractivity contribution in [1.82, 2.24) is 9.88 Å². The molecule has 0 saturated carbocycles. The maximum absolute atomic E-state index is 12.8. The van der Waals surface area contributed by atoms with Crippen molar-refractivity contribution in [2.24, 2.45) is 5.92 Å². The second-order valence-corrected chi connectivity index (χ2v) is 9.49. The quantitative estimate of drug-likeness (QED) is 0.728. The van der Waals surface area contributed by atoms with Crippen LogP contribution in [0.15, 0.2) is 41.4 Å². The molecule has 4 rings (SSSR count). The maximum atomic E-state index is 12.8. The number of nitrogens with zero attached hydrogens (tertiary/aromatic N) is 2. The van der Waals surface area contributed by atoms with E-state index in [1.807, 2.05) is 19.1 Å². The summed E-state index contributed by atoms with van der Waals surface area (Å²) in [6.07, 6.45) is 3.02. The first-order chi connectivity index (χ1) is 14.9. The molecule has 162 valence electrons. The van der Waals surface area contributed by atoms with Crippen molar-refractivity contribution in [2.75, 3.05) is 23.7 Å². The molecule has 0 bridgehead atoms. The number of likely N-dealkylation sites (tertiary alicyclic amines) is 1. The number of pyridine rings is 1. The topological polar surface area (TPSA) is 91.4 Å². The fraction of sp³-hybridized carbons (Fsp3) is 0.364. The van der Waals surface area contributed by atoms with Crippen LogP contribution >= 0.6 is 23.4 Å². The summed E-state index contributed by atoms with van der Waals surface area (Å²) in [5, 5.41) is 5.76. The van der Waals surface area contributed by atoms with Gasteiger partial charge in [-0.25, -0.2) is 4.98 Å². The maximum Gasteiger partial charge on any atom is 0.238 e. The number of carbonyl (C=O) groups excluding carboxylic acids is 3. The lowest BCUT2D eigenvalue weighted by molar-refractivity contribution is -0.135. The van der Waals surface area contributed by atoms with E-state index in [0.717, 1.165) is 10.5 Å². The van der Waals surface area contributed by atoms with Crippen LogP contribution in [0.4, 0.5) is 11.5 Å². The number of hydrogen-bond acceptors (Lipinski definition) is 5. The van der Waals surface area contributed by atoms with Gasteiger partial charge in [0.15, 0.2) is 0 Å². The van der Waals surface area contributed by atoms with Crippen LogP contribution in [0.2, 0.25) is 5.02 Å². The van der Waals surface area contributed by atoms with E-state index in [9.17, 15) is 14.4 Å². The molecule has 1 aromatic carbocycles. The van der Waals surface area contributed by atoms with Gasteiger partial charge in [-0.05, 0) is 49.6 Å². The Morgan fingerprint density at radius 1 is 1.26 bits per heavy atom. The number of piperidine rings is 1. The molecule has 3 heterocycles. The van der Waals surface area contributed by atoms with Gasteiger partial charge in [0.2, 0.25) is 17.7 Å². The first-order valence-corrected chi connectivity index (χ1v) is 11.4. The van der Waals surface area contributed by atoms with Gasteiger partial charge in [0.05, 0.1) is 10.9 Å². The SMILES string of the molecule is Cc1ccc(NC(=O)C2CCN(C(=O)CC3Sc4ccc(Cl)cc4NC3=O)CC2)nc1. The number of fused-ring (bicyclic) bond motifs is 1. The number of nitrogens with one attached hydrogen (secondary N) is 2. The van der Waals surface area contributed by atoms with E-state index in [-0.39, 0.29) is 30.1 Å². The van der Waals surface area contributed by atoms with Gasteiger partial charge in [-0.15, -0.1) is 11.8 Å². The first kappa shape index (κ1) is 21.6. The molecule has 3 amide bonds. The van der Waals surface area contributed by atoms with Gasteiger partial charge in [-0.2, -0.15) is 0 Å². The zero-order valence-corrected chi connectivity index (χ0v) is 18.6. The Morgan fingerprint density at radius 3 is 2.74 bits per heavy atom. The fourth-order valence-corrected chi connectivity index (χ4v) is 4.96. The van der Waals surface area contributed by atoms with Gasteiger partial charge < -0.3 is 15.5 Å². The molecule has 0 radical (unpaired) electrons. The average Bonchev–Trinajstić information content (AvgIpc) is 2.76. The first-order valence-electron chi connectivity index (χ1n) is 10.2. The summed E-state index contributed by atoms with van der Waals surface area (Å²) < 4.78 is 0. The number of aryl methyl sites for hydroxylation is 1. The molecule has 1 unspecified atom stereocenters. The molecule has 1 aromatic heterocycles. The van der Waals surface area contributed by atoms with Gasteiger partial charge in [-0.3, -0.25) is 14.4 Å². The van der Waals surface area contributed by atoms with Crippen LogP contribution in [-0.2, 0) is 14.4 Å². The van der Waals surface area contributed by atoms with Crippen molar-refractivity contribution in [3.05, 3.63) is 47.1 Å². The highest BCUT2D eigenvalue weighted by molar-refractivity contribution is 8.01. The second kappa shape index (κ2) is 9.28. The van der Waals surface area contributed by atoms with E-state index in [4.69, 9.17) is 11.6 Å². The van der Waals surface area contributed by atoms with Gasteiger partial charge >= 0.3 is 0 Å². The molecule has 7 nitrogen and oxygen atoms in total. The van der Waals surface area contributed by atoms with E-state index in [2.05, 4.69) is 15.6 Å². The van der Waals surface area contributed by atoms with Gasteiger partial charge in [0.1, 0.15) is 5.82 Å². The molecule has 31 heavy (non-hydrogen) atoms. The molecule has 2 N–H and O–H groups in total. The van der Waals surface area contributed by atoms with Crippen LogP contribution in [-0.4, -0.2) is 45.9 Å². The number of carbonyl (C=O) groups is 3. The standard InChI is InChI=1S/C22H23ClN4O3S/c1-13-2-5-19(24-12-13)26-21(29)14-6-8-27(9-7-14)20(28)11-18-22(30)25-16-10-15(23)3-4-17(16)31-18/h2-5,10,12,14,18H,6-9,11H2,1H3,(H,25,30)(H,24,26,29). The lowest BCUT2D eigenvalue weighted by atomic mass is 9.95. The minimum absolute atomic E-state index is 0.0656. The monoisotopic (exact) mass is 458 g/mol. The minimum Gasteiger partial charge on any atom is -0.343 e. The summed E-state index contributed by atoms with van der Waals surface area (Å²) in [7, 11) is 0. The van der Waals surface area contributed by atoms with E-state index in [0.29, 0.717) is 42.5 Å². The molecular formula is C22H23ClN4O3S. The van der Waals surface area contributed by atoms with E-state index in [1.54, 1.807) is 29.3 Å². The molecule has 1 saturated heterocycles. The number of amides is 3. The smallest absolute Gasteiger partial charge is 0.238 e. The molecule has 1 atom stereocenters. The minimum atomic E-state index is -0.477. The van der Waals surface area contributed by atoms with Crippen LogP contribution < -0.4 is 10.6 Å². The molecule has 2 aliphatic rings. The predicted molar refractivity (Wildman–Crippen MR) is 121 cm³/mol. The Labute approximate surface area is 189 Å². The molecule has 0 aliphatic carbocycles. The van der Waals surface area contributed by atoms with E-state index >= 15 is 0 Å². The molecule has 0 spiro atoms. The lowest BCUT2D eigenvalue weighted by Crippen LogP contribution is -2.43. The van der Waals surface area contributed by atoms with Crippen LogP contribution in [0.25, 0.3) is 0 Å². The number of anilines is 2. The summed E-state index contributed by atoms with van der Waals surface area (Å²) in [4.78, 5) is 44.6. The van der Waals surface area contributed by atoms with Crippen LogP contribution in [0.5, 0.6) is 0 Å². The summed E-state index contributed by atoms with van der Waals surface area (Å²) in [5.41, 5.74) is 1.71. The largest absolute Gasteiger partial charge is 0.343 e. The van der Waals surface area contributed by atoms with Crippen LogP contribution in [0.1, 0.15) is 24.8 Å². The van der Waals surface area contributed by atoms with Crippen molar-refractivity contribution < 1.29 is 14.4 Å². The Balaban J connectivity index is 1.28. The van der Waals surface area contributed by atoms with Crippen LogP contribution in [0, 0.1) is 12.8 Å². The van der Waals surface area contributed by atoms with Crippen molar-refractivity contribution >= 4 is 52.6 Å². The highest BCUT2D eigenvalue weighted by atomic mass is 35.5. The molecule has 2 aromatic rings. The number of halogens is 1. The number of thioether (sulfide) groups is 1. The zero-order chi connectivity index (χ0) is 22.0. The Morgan fingerprint density at radius 2 is 2.03 bits per heavy atom. The highest BCUT2D eigenvalue weighted by Crippen LogP contribution is 2.38. The van der Waals surface area contributed by atoms with Crippen molar-refractivity contribution in [3.63, 3.8) is 0 Å². The van der Waals surface area contributed by atoms with Gasteiger partial charge in [0.25, 0.3) is 0 Å². The Hall–Kier alpha value is -2.58. The summed E-state index contributed by atoms with van der Waals surface area (Å²) in [6.45, 7) is 2.95. The lowest BCUT2D eigenvalue weighted by Gasteiger charge is -2.32. The molecular weight excluding hydrogens is 436 g/mol. The van der Waals surface area contributed by atoms with E-state index < -0.39 is 5.25 Å². The van der Waals surface area contributed by atoms with Crippen molar-refractivity contribution in [3.8, 4) is 0 Å². The summed E-state index contributed by atoms with van der Waals surface area (Å²) in [5.74, 6) is 0.0604. The average molecular weight is 459 g/mol. The normalized spacial score (nSPS) is 18.8. The number of rotatable bonds is 4.